The Bertz CT molecular complexity index is 420. The highest BCUT2D eigenvalue weighted by Gasteiger charge is 2.35. The lowest BCUT2D eigenvalue weighted by Crippen LogP contribution is -2.39. The summed E-state index contributed by atoms with van der Waals surface area (Å²) in [5, 5.41) is 10.2. The van der Waals surface area contributed by atoms with Crippen LogP contribution in [0.4, 0.5) is 8.78 Å². The number of unbranched alkanes of at least 4 members (excludes halogenated alkanes) is 1. The number of hydrogen-bond donors (Lipinski definition) is 1. The molecule has 0 radical (unpaired) electrons. The summed E-state index contributed by atoms with van der Waals surface area (Å²) in [6, 6.07) is 2.60. The fraction of sp³-hybridized carbons (Fsp3) is 0.538. The van der Waals surface area contributed by atoms with Crippen LogP contribution in [0.25, 0.3) is 0 Å². The van der Waals surface area contributed by atoms with Crippen LogP contribution in [-0.2, 0) is 6.42 Å². The largest absolute Gasteiger partial charge is 0.459 e. The van der Waals surface area contributed by atoms with E-state index in [4.69, 9.17) is 4.74 Å². The van der Waals surface area contributed by atoms with Gasteiger partial charge in [-0.2, -0.15) is 4.39 Å². The number of hydrogen-bond acceptors (Lipinski definition) is 2. The van der Waals surface area contributed by atoms with Crippen molar-refractivity contribution in [3.05, 3.63) is 29.3 Å². The number of benzene rings is 1. The van der Waals surface area contributed by atoms with Gasteiger partial charge in [-0.1, -0.05) is 19.4 Å². The lowest BCUT2D eigenvalue weighted by atomic mass is 9.96. The Labute approximate surface area is 99.2 Å². The van der Waals surface area contributed by atoms with Crippen LogP contribution in [0.2, 0.25) is 0 Å². The maximum atomic E-state index is 13.5. The van der Waals surface area contributed by atoms with E-state index >= 15 is 0 Å². The molecule has 1 unspecified atom stereocenters. The van der Waals surface area contributed by atoms with Crippen LogP contribution >= 0.6 is 0 Å². The average molecular weight is 242 g/mol. The molecule has 1 atom stereocenters. The van der Waals surface area contributed by atoms with Crippen molar-refractivity contribution in [2.24, 2.45) is 0 Å². The predicted octanol–water partition coefficient (Wildman–Crippen LogP) is 3.17. The van der Waals surface area contributed by atoms with E-state index in [-0.39, 0.29) is 5.75 Å². The molecule has 1 aliphatic rings. The predicted molar refractivity (Wildman–Crippen MR) is 59.8 cm³/mol. The van der Waals surface area contributed by atoms with E-state index in [0.717, 1.165) is 18.9 Å². The van der Waals surface area contributed by atoms with Gasteiger partial charge in [-0.3, -0.25) is 0 Å². The molecule has 1 N–H and O–H groups in total. The van der Waals surface area contributed by atoms with Crippen LogP contribution in [0, 0.1) is 11.6 Å². The Morgan fingerprint density at radius 3 is 2.88 bits per heavy atom. The van der Waals surface area contributed by atoms with Crippen molar-refractivity contribution < 1.29 is 18.6 Å². The molecule has 1 aromatic carbocycles. The van der Waals surface area contributed by atoms with Crippen LogP contribution in [0.15, 0.2) is 12.1 Å². The zero-order valence-corrected chi connectivity index (χ0v) is 9.80. The van der Waals surface area contributed by atoms with E-state index in [1.165, 1.54) is 6.07 Å². The van der Waals surface area contributed by atoms with E-state index < -0.39 is 17.4 Å². The normalized spacial score (nSPS) is 23.1. The molecule has 0 bridgehead atoms. The smallest absolute Gasteiger partial charge is 0.208 e. The second-order valence-electron chi connectivity index (χ2n) is 4.50. The second kappa shape index (κ2) is 4.61. The van der Waals surface area contributed by atoms with Crippen LogP contribution in [0.3, 0.4) is 0 Å². The quantitative estimate of drug-likeness (QED) is 0.882. The van der Waals surface area contributed by atoms with Crippen molar-refractivity contribution >= 4 is 0 Å². The minimum atomic E-state index is -1.35. The molecule has 94 valence electrons. The third-order valence-electron chi connectivity index (χ3n) is 3.13. The summed E-state index contributed by atoms with van der Waals surface area (Å²) in [5.41, 5.74) is 0.616. The number of halogens is 2. The first kappa shape index (κ1) is 12.3. The van der Waals surface area contributed by atoms with Crippen molar-refractivity contribution in [3.8, 4) is 5.75 Å². The molecule has 1 aromatic rings. The Balaban J connectivity index is 2.25. The van der Waals surface area contributed by atoms with Gasteiger partial charge in [0.2, 0.25) is 11.6 Å². The molecule has 0 spiro atoms. The van der Waals surface area contributed by atoms with Crippen molar-refractivity contribution in [1.29, 1.82) is 0 Å². The Hall–Kier alpha value is -1.16. The molecule has 0 fully saturated rings. The molecule has 0 amide bonds. The van der Waals surface area contributed by atoms with Crippen LogP contribution in [-0.4, -0.2) is 10.9 Å². The topological polar surface area (TPSA) is 29.5 Å². The van der Waals surface area contributed by atoms with Crippen molar-refractivity contribution in [3.63, 3.8) is 0 Å². The van der Waals surface area contributed by atoms with Gasteiger partial charge < -0.3 is 9.84 Å². The Morgan fingerprint density at radius 2 is 2.18 bits per heavy atom. The minimum Gasteiger partial charge on any atom is -0.459 e. The Kier molecular flexibility index (Phi) is 3.33. The summed E-state index contributed by atoms with van der Waals surface area (Å²) < 4.78 is 31.9. The lowest BCUT2D eigenvalue weighted by molar-refractivity contribution is -0.157. The fourth-order valence-corrected chi connectivity index (χ4v) is 2.08. The molecule has 0 saturated heterocycles. The minimum absolute atomic E-state index is 0.130. The molecule has 17 heavy (non-hydrogen) atoms. The van der Waals surface area contributed by atoms with Gasteiger partial charge in [0.05, 0.1) is 0 Å². The highest BCUT2D eigenvalue weighted by atomic mass is 19.2. The van der Waals surface area contributed by atoms with Gasteiger partial charge in [-0.25, -0.2) is 4.39 Å². The molecule has 1 heterocycles. The number of rotatable bonds is 3. The van der Waals surface area contributed by atoms with Gasteiger partial charge >= 0.3 is 0 Å². The number of ether oxygens (including phenoxy) is 1. The van der Waals surface area contributed by atoms with Gasteiger partial charge in [-0.05, 0) is 24.5 Å². The number of aliphatic hydroxyl groups is 1. The molecule has 0 aromatic heterocycles. The molecular formula is C13H16F2O2. The summed E-state index contributed by atoms with van der Waals surface area (Å²) >= 11 is 0. The Morgan fingerprint density at radius 1 is 1.41 bits per heavy atom. The highest BCUT2D eigenvalue weighted by molar-refractivity contribution is 5.37. The maximum Gasteiger partial charge on any atom is 0.208 e. The van der Waals surface area contributed by atoms with Gasteiger partial charge in [-0.15, -0.1) is 0 Å². The summed E-state index contributed by atoms with van der Waals surface area (Å²) in [6.45, 7) is 2.00. The lowest BCUT2D eigenvalue weighted by Gasteiger charge is -2.34. The summed E-state index contributed by atoms with van der Waals surface area (Å²) in [7, 11) is 0. The fourth-order valence-electron chi connectivity index (χ4n) is 2.08. The number of aryl methyl sites for hydroxylation is 1. The second-order valence-corrected chi connectivity index (χ2v) is 4.50. The first-order valence-electron chi connectivity index (χ1n) is 5.94. The van der Waals surface area contributed by atoms with Crippen molar-refractivity contribution in [2.75, 3.05) is 0 Å². The van der Waals surface area contributed by atoms with E-state index in [0.29, 0.717) is 24.8 Å². The van der Waals surface area contributed by atoms with Crippen LogP contribution in [0.5, 0.6) is 5.75 Å². The van der Waals surface area contributed by atoms with Crippen LogP contribution < -0.4 is 4.74 Å². The third kappa shape index (κ3) is 2.41. The van der Waals surface area contributed by atoms with Gasteiger partial charge in [0.15, 0.2) is 11.6 Å². The van der Waals surface area contributed by atoms with E-state index in [9.17, 15) is 13.9 Å². The van der Waals surface area contributed by atoms with E-state index in [2.05, 4.69) is 0 Å². The highest BCUT2D eigenvalue weighted by Crippen LogP contribution is 2.37. The average Bonchev–Trinajstić information content (AvgIpc) is 2.32. The summed E-state index contributed by atoms with van der Waals surface area (Å²) in [5.74, 6) is -3.42. The van der Waals surface area contributed by atoms with Gasteiger partial charge in [0.1, 0.15) is 0 Å². The monoisotopic (exact) mass is 242 g/mol. The van der Waals surface area contributed by atoms with Crippen LogP contribution in [0.1, 0.15) is 38.2 Å². The number of fused-ring (bicyclic) bond motifs is 1. The van der Waals surface area contributed by atoms with E-state index in [1.54, 1.807) is 0 Å². The standard InChI is InChI=1S/C13H16F2O2/c1-2-3-7-13(16)8-6-9-4-5-10(14)11(15)12(9)17-13/h4-5,16H,2-3,6-8H2,1H3. The molecule has 2 nitrogen and oxygen atoms in total. The van der Waals surface area contributed by atoms with Crippen molar-refractivity contribution in [1.82, 2.24) is 0 Å². The molecule has 2 rings (SSSR count). The van der Waals surface area contributed by atoms with Crippen molar-refractivity contribution in [2.45, 2.75) is 44.8 Å². The maximum absolute atomic E-state index is 13.5. The van der Waals surface area contributed by atoms with E-state index in [1.807, 2.05) is 6.92 Å². The zero-order chi connectivity index (χ0) is 12.5. The third-order valence-corrected chi connectivity index (χ3v) is 3.13. The SMILES string of the molecule is CCCCC1(O)CCc2ccc(F)c(F)c2O1. The zero-order valence-electron chi connectivity index (χ0n) is 9.80. The summed E-state index contributed by atoms with van der Waals surface area (Å²) in [6.07, 6.45) is 3.09. The molecule has 1 aliphatic heterocycles. The van der Waals surface area contributed by atoms with Gasteiger partial charge in [0, 0.05) is 12.8 Å². The first-order chi connectivity index (χ1) is 8.06. The summed E-state index contributed by atoms with van der Waals surface area (Å²) in [4.78, 5) is 0. The molecule has 0 saturated carbocycles. The van der Waals surface area contributed by atoms with Gasteiger partial charge in [0.25, 0.3) is 0 Å². The molecule has 0 aliphatic carbocycles. The first-order valence-corrected chi connectivity index (χ1v) is 5.94. The molecular weight excluding hydrogens is 226 g/mol. The molecule has 4 heteroatoms.